The molecule has 2 aromatic rings. The predicted molar refractivity (Wildman–Crippen MR) is 107 cm³/mol. The van der Waals surface area contributed by atoms with E-state index in [4.69, 9.17) is 9.92 Å². The highest BCUT2D eigenvalue weighted by Gasteiger charge is 2.36. The van der Waals surface area contributed by atoms with Crippen LogP contribution in [0.4, 0.5) is 0 Å². The Morgan fingerprint density at radius 1 is 1.15 bits per heavy atom. The van der Waals surface area contributed by atoms with E-state index in [1.807, 2.05) is 30.4 Å². The topological polar surface area (TPSA) is 52.3 Å². The fourth-order valence-corrected chi connectivity index (χ4v) is 4.34. The zero-order valence-corrected chi connectivity index (χ0v) is 15.3. The highest BCUT2D eigenvalue weighted by atomic mass is 32.2. The summed E-state index contributed by atoms with van der Waals surface area (Å²) in [5, 5.41) is 2.42. The van der Waals surface area contributed by atoms with Gasteiger partial charge in [-0.15, -0.1) is 0 Å². The molecule has 132 valence electrons. The Hall–Kier alpha value is -2.46. The quantitative estimate of drug-likeness (QED) is 0.756. The summed E-state index contributed by atoms with van der Waals surface area (Å²) in [6.07, 6.45) is 8.68. The Bertz CT molecular complexity index is 937. The molecule has 0 aliphatic heterocycles. The summed E-state index contributed by atoms with van der Waals surface area (Å²) in [6.45, 7) is 0. The van der Waals surface area contributed by atoms with Gasteiger partial charge in [-0.1, -0.05) is 66.3 Å². The summed E-state index contributed by atoms with van der Waals surface area (Å²) in [4.78, 5) is 12.7. The van der Waals surface area contributed by atoms with Crippen LogP contribution in [0, 0.1) is 5.92 Å². The molecule has 3 nitrogen and oxygen atoms in total. The highest BCUT2D eigenvalue weighted by Crippen LogP contribution is 2.36. The van der Waals surface area contributed by atoms with E-state index in [1.54, 1.807) is 0 Å². The van der Waals surface area contributed by atoms with Gasteiger partial charge in [-0.05, 0) is 29.2 Å². The maximum Gasteiger partial charge on any atom is 0.208 e. The van der Waals surface area contributed by atoms with Crippen LogP contribution in [-0.4, -0.2) is 5.78 Å². The SMILES string of the molecule is NC1=C(OSCc2cccc3ccccc23)C(=O)C(C2=CC=CCC2)C1. The van der Waals surface area contributed by atoms with Crippen molar-refractivity contribution < 1.29 is 8.98 Å². The molecule has 0 radical (unpaired) electrons. The zero-order valence-electron chi connectivity index (χ0n) is 14.5. The minimum Gasteiger partial charge on any atom is -0.420 e. The van der Waals surface area contributed by atoms with Crippen LogP contribution in [0.1, 0.15) is 24.8 Å². The van der Waals surface area contributed by atoms with Gasteiger partial charge in [-0.25, -0.2) is 0 Å². The fourth-order valence-electron chi connectivity index (χ4n) is 3.60. The molecule has 0 fully saturated rings. The number of ketones is 1. The van der Waals surface area contributed by atoms with Gasteiger partial charge in [0.15, 0.2) is 5.76 Å². The molecule has 4 heteroatoms. The van der Waals surface area contributed by atoms with Crippen LogP contribution in [0.2, 0.25) is 0 Å². The number of allylic oxidation sites excluding steroid dienone is 6. The Labute approximate surface area is 157 Å². The molecule has 0 saturated heterocycles. The molecule has 0 spiro atoms. The van der Waals surface area contributed by atoms with Crippen molar-refractivity contribution in [2.75, 3.05) is 0 Å². The number of benzene rings is 2. The molecule has 1 atom stereocenters. The maximum absolute atomic E-state index is 12.7. The van der Waals surface area contributed by atoms with E-state index < -0.39 is 0 Å². The fraction of sp³-hybridized carbons (Fsp3) is 0.227. The van der Waals surface area contributed by atoms with Crippen LogP contribution in [0.15, 0.2) is 77.7 Å². The number of carbonyl (C=O) groups excluding carboxylic acids is 1. The van der Waals surface area contributed by atoms with E-state index in [9.17, 15) is 4.79 Å². The molecule has 2 N–H and O–H groups in total. The second-order valence-electron chi connectivity index (χ2n) is 6.67. The van der Waals surface area contributed by atoms with E-state index in [0.717, 1.165) is 18.4 Å². The maximum atomic E-state index is 12.7. The average molecular weight is 363 g/mol. The molecule has 1 unspecified atom stereocenters. The van der Waals surface area contributed by atoms with E-state index >= 15 is 0 Å². The summed E-state index contributed by atoms with van der Waals surface area (Å²) >= 11 is 1.28. The first-order valence-corrected chi connectivity index (χ1v) is 9.79. The number of fused-ring (bicyclic) bond motifs is 1. The lowest BCUT2D eigenvalue weighted by Crippen LogP contribution is -2.14. The zero-order chi connectivity index (χ0) is 17.9. The molecule has 4 rings (SSSR count). The summed E-state index contributed by atoms with van der Waals surface area (Å²) in [7, 11) is 0. The molecule has 2 aliphatic rings. The van der Waals surface area contributed by atoms with Gasteiger partial charge in [-0.3, -0.25) is 4.79 Å². The molecular formula is C22H21NO2S. The first-order chi connectivity index (χ1) is 12.7. The third kappa shape index (κ3) is 3.29. The Kier molecular flexibility index (Phi) is 4.85. The number of rotatable bonds is 5. The Morgan fingerprint density at radius 3 is 2.85 bits per heavy atom. The summed E-state index contributed by atoms with van der Waals surface area (Å²) in [5.74, 6) is 0.889. The van der Waals surface area contributed by atoms with Gasteiger partial charge < -0.3 is 9.92 Å². The standard InChI is InChI=1S/C22H21NO2S/c23-20-13-19(16-7-2-1-3-8-16)21(24)22(20)25-26-14-17-11-6-10-15-9-4-5-12-18(15)17/h1-2,4-7,9-12,19H,3,8,13-14,23H2. The van der Waals surface area contributed by atoms with Gasteiger partial charge in [0.1, 0.15) is 0 Å². The number of nitrogens with two attached hydrogens (primary N) is 1. The normalized spacial score (nSPS) is 19.9. The smallest absolute Gasteiger partial charge is 0.208 e. The van der Waals surface area contributed by atoms with Crippen molar-refractivity contribution >= 4 is 28.6 Å². The lowest BCUT2D eigenvalue weighted by atomic mass is 9.89. The minimum atomic E-state index is -0.145. The van der Waals surface area contributed by atoms with Crippen molar-refractivity contribution in [3.8, 4) is 0 Å². The van der Waals surface area contributed by atoms with Crippen molar-refractivity contribution in [1.82, 2.24) is 0 Å². The highest BCUT2D eigenvalue weighted by molar-refractivity contribution is 7.94. The minimum absolute atomic E-state index is 0.0227. The molecule has 0 heterocycles. The Balaban J connectivity index is 1.43. The van der Waals surface area contributed by atoms with E-state index in [0.29, 0.717) is 23.6 Å². The molecule has 0 amide bonds. The molecule has 26 heavy (non-hydrogen) atoms. The van der Waals surface area contributed by atoms with Crippen LogP contribution in [0.3, 0.4) is 0 Å². The molecular weight excluding hydrogens is 342 g/mol. The largest absolute Gasteiger partial charge is 0.420 e. The first kappa shape index (κ1) is 17.0. The van der Waals surface area contributed by atoms with Gasteiger partial charge in [0.05, 0.1) is 29.4 Å². The predicted octanol–water partition coefficient (Wildman–Crippen LogP) is 5.04. The first-order valence-electron chi connectivity index (χ1n) is 8.88. The molecule has 0 saturated carbocycles. The molecule has 0 bridgehead atoms. The van der Waals surface area contributed by atoms with E-state index in [1.165, 1.54) is 28.4 Å². The van der Waals surface area contributed by atoms with Gasteiger partial charge in [0.2, 0.25) is 5.78 Å². The van der Waals surface area contributed by atoms with Gasteiger partial charge >= 0.3 is 0 Å². The third-order valence-electron chi connectivity index (χ3n) is 4.99. The number of hydrogen-bond acceptors (Lipinski definition) is 4. The van der Waals surface area contributed by atoms with Crippen molar-refractivity contribution in [1.29, 1.82) is 0 Å². The van der Waals surface area contributed by atoms with Crippen LogP contribution in [0.25, 0.3) is 10.8 Å². The van der Waals surface area contributed by atoms with Gasteiger partial charge in [-0.2, -0.15) is 0 Å². The van der Waals surface area contributed by atoms with Crippen molar-refractivity contribution in [3.63, 3.8) is 0 Å². The van der Waals surface area contributed by atoms with Crippen molar-refractivity contribution in [3.05, 3.63) is 83.3 Å². The monoisotopic (exact) mass is 363 g/mol. The Morgan fingerprint density at radius 2 is 2.00 bits per heavy atom. The lowest BCUT2D eigenvalue weighted by Gasteiger charge is -2.15. The summed E-state index contributed by atoms with van der Waals surface area (Å²) in [5.41, 5.74) is 9.04. The summed E-state index contributed by atoms with van der Waals surface area (Å²) < 4.78 is 5.78. The van der Waals surface area contributed by atoms with Gasteiger partial charge in [0.25, 0.3) is 0 Å². The average Bonchev–Trinajstić information content (AvgIpc) is 2.97. The molecule has 0 aromatic heterocycles. The van der Waals surface area contributed by atoms with Crippen LogP contribution >= 0.6 is 12.0 Å². The second-order valence-corrected chi connectivity index (χ2v) is 7.36. The number of hydrogen-bond donors (Lipinski definition) is 1. The van der Waals surface area contributed by atoms with Crippen molar-refractivity contribution in [2.24, 2.45) is 11.7 Å². The van der Waals surface area contributed by atoms with E-state index in [2.05, 4.69) is 30.3 Å². The summed E-state index contributed by atoms with van der Waals surface area (Å²) in [6, 6.07) is 14.5. The molecule has 2 aromatic carbocycles. The van der Waals surface area contributed by atoms with Crippen LogP contribution < -0.4 is 5.73 Å². The van der Waals surface area contributed by atoms with Gasteiger partial charge in [0, 0.05) is 6.42 Å². The van der Waals surface area contributed by atoms with E-state index in [-0.39, 0.29) is 11.7 Å². The lowest BCUT2D eigenvalue weighted by molar-refractivity contribution is -0.119. The number of Topliss-reactive ketones (excluding diaryl/α,β-unsaturated/α-hetero) is 1. The van der Waals surface area contributed by atoms with Crippen molar-refractivity contribution in [2.45, 2.75) is 25.0 Å². The number of carbonyl (C=O) groups is 1. The van der Waals surface area contributed by atoms with Crippen LogP contribution in [0.5, 0.6) is 0 Å². The molecule has 2 aliphatic carbocycles. The second kappa shape index (κ2) is 7.42. The van der Waals surface area contributed by atoms with Crippen LogP contribution in [-0.2, 0) is 14.7 Å². The third-order valence-corrected chi connectivity index (χ3v) is 5.70.